The lowest BCUT2D eigenvalue weighted by Crippen LogP contribution is -2.27. The first-order valence-corrected chi connectivity index (χ1v) is 6.36. The molecule has 0 bridgehead atoms. The van der Waals surface area contributed by atoms with Gasteiger partial charge in [-0.1, -0.05) is 0 Å². The van der Waals surface area contributed by atoms with Gasteiger partial charge in [-0.2, -0.15) is 0 Å². The van der Waals surface area contributed by atoms with Gasteiger partial charge >= 0.3 is 0 Å². The van der Waals surface area contributed by atoms with Gasteiger partial charge in [-0.25, -0.2) is 0 Å². The van der Waals surface area contributed by atoms with Gasteiger partial charge in [0.1, 0.15) is 0 Å². The zero-order valence-electron chi connectivity index (χ0n) is 10.5. The fourth-order valence-corrected chi connectivity index (χ4v) is 2.00. The van der Waals surface area contributed by atoms with Crippen molar-refractivity contribution in [2.45, 2.75) is 39.2 Å². The molecule has 3 nitrogen and oxygen atoms in total. The Bertz CT molecular complexity index is 411. The van der Waals surface area contributed by atoms with Crippen molar-refractivity contribution in [3.63, 3.8) is 0 Å². The molecule has 0 radical (unpaired) electrons. The minimum Gasteiger partial charge on any atom is -0.382 e. The fourth-order valence-electron chi connectivity index (χ4n) is 2.00. The number of aryl methyl sites for hydroxylation is 1. The van der Waals surface area contributed by atoms with Crippen LogP contribution in [0, 0.1) is 6.92 Å². The number of hydrogen-bond donors (Lipinski definition) is 2. The van der Waals surface area contributed by atoms with Crippen LogP contribution in [0.4, 0.5) is 5.69 Å². The maximum absolute atomic E-state index is 11.7. The molecule has 3 heteroatoms. The standard InChI is InChI=1S/C14H20N2O/c1-3-15-14(17)11-7-8-13(10(2)9-11)16-12-5-4-6-12/h7-9,12,16H,3-6H2,1-2H3,(H,15,17). The van der Waals surface area contributed by atoms with E-state index in [0.717, 1.165) is 16.8 Å². The number of carbonyl (C=O) groups is 1. The summed E-state index contributed by atoms with van der Waals surface area (Å²) in [6.07, 6.45) is 3.85. The SMILES string of the molecule is CCNC(=O)c1ccc(NC2CCC2)c(C)c1. The first-order chi connectivity index (χ1) is 8.20. The highest BCUT2D eigenvalue weighted by Gasteiger charge is 2.17. The third kappa shape index (κ3) is 2.78. The molecule has 0 aliphatic heterocycles. The summed E-state index contributed by atoms with van der Waals surface area (Å²) in [5, 5.41) is 6.33. The molecule has 92 valence electrons. The van der Waals surface area contributed by atoms with Gasteiger partial charge in [-0.05, 0) is 56.9 Å². The molecule has 0 heterocycles. The Morgan fingerprint density at radius 1 is 1.41 bits per heavy atom. The molecule has 1 aromatic rings. The van der Waals surface area contributed by atoms with E-state index in [2.05, 4.69) is 10.6 Å². The minimum atomic E-state index is 0.00536. The van der Waals surface area contributed by atoms with Gasteiger partial charge in [0.25, 0.3) is 5.91 Å². The zero-order valence-corrected chi connectivity index (χ0v) is 10.5. The minimum absolute atomic E-state index is 0.00536. The molecule has 1 aliphatic rings. The molecule has 1 aliphatic carbocycles. The van der Waals surface area contributed by atoms with Crippen LogP contribution in [0.2, 0.25) is 0 Å². The number of rotatable bonds is 4. The Hall–Kier alpha value is -1.51. The summed E-state index contributed by atoms with van der Waals surface area (Å²) in [7, 11) is 0. The van der Waals surface area contributed by atoms with Crippen LogP contribution in [0.5, 0.6) is 0 Å². The van der Waals surface area contributed by atoms with Crippen molar-refractivity contribution in [1.82, 2.24) is 5.32 Å². The Kier molecular flexibility index (Phi) is 3.67. The van der Waals surface area contributed by atoms with E-state index < -0.39 is 0 Å². The van der Waals surface area contributed by atoms with Gasteiger partial charge in [-0.15, -0.1) is 0 Å². The van der Waals surface area contributed by atoms with Gasteiger partial charge in [-0.3, -0.25) is 4.79 Å². The zero-order chi connectivity index (χ0) is 12.3. The molecule has 2 N–H and O–H groups in total. The smallest absolute Gasteiger partial charge is 0.251 e. The van der Waals surface area contributed by atoms with Crippen LogP contribution in [0.15, 0.2) is 18.2 Å². The fraction of sp³-hybridized carbons (Fsp3) is 0.500. The predicted molar refractivity (Wildman–Crippen MR) is 70.4 cm³/mol. The molecule has 0 aromatic heterocycles. The van der Waals surface area contributed by atoms with E-state index in [1.807, 2.05) is 32.0 Å². The number of nitrogens with one attached hydrogen (secondary N) is 2. The van der Waals surface area contributed by atoms with Crippen molar-refractivity contribution in [1.29, 1.82) is 0 Å². The number of carbonyl (C=O) groups excluding carboxylic acids is 1. The third-order valence-corrected chi connectivity index (χ3v) is 3.29. The maximum Gasteiger partial charge on any atom is 0.251 e. The normalized spacial score (nSPS) is 15.2. The largest absolute Gasteiger partial charge is 0.382 e. The molecule has 1 fully saturated rings. The molecule has 1 aromatic carbocycles. The summed E-state index contributed by atoms with van der Waals surface area (Å²) in [5.74, 6) is 0.00536. The number of hydrogen-bond acceptors (Lipinski definition) is 2. The van der Waals surface area contributed by atoms with Crippen LogP contribution in [-0.4, -0.2) is 18.5 Å². The second-order valence-electron chi connectivity index (χ2n) is 4.66. The Balaban J connectivity index is 2.07. The number of anilines is 1. The van der Waals surface area contributed by atoms with Gasteiger partial charge < -0.3 is 10.6 Å². The lowest BCUT2D eigenvalue weighted by atomic mass is 9.92. The van der Waals surface area contributed by atoms with Crippen molar-refractivity contribution in [2.75, 3.05) is 11.9 Å². The first kappa shape index (κ1) is 12.0. The third-order valence-electron chi connectivity index (χ3n) is 3.29. The van der Waals surface area contributed by atoms with Crippen molar-refractivity contribution in [3.05, 3.63) is 29.3 Å². The monoisotopic (exact) mass is 232 g/mol. The second-order valence-corrected chi connectivity index (χ2v) is 4.66. The summed E-state index contributed by atoms with van der Waals surface area (Å²) in [6, 6.07) is 6.48. The Labute approximate surface area is 103 Å². The summed E-state index contributed by atoms with van der Waals surface area (Å²) in [5.41, 5.74) is 3.03. The Morgan fingerprint density at radius 2 is 2.18 bits per heavy atom. The summed E-state index contributed by atoms with van der Waals surface area (Å²) >= 11 is 0. The highest BCUT2D eigenvalue weighted by atomic mass is 16.1. The molecular weight excluding hydrogens is 212 g/mol. The van der Waals surface area contributed by atoms with Gasteiger partial charge in [0.15, 0.2) is 0 Å². The van der Waals surface area contributed by atoms with E-state index in [0.29, 0.717) is 12.6 Å². The molecule has 0 spiro atoms. The van der Waals surface area contributed by atoms with E-state index in [-0.39, 0.29) is 5.91 Å². The molecule has 2 rings (SSSR count). The predicted octanol–water partition coefficient (Wildman–Crippen LogP) is 2.71. The summed E-state index contributed by atoms with van der Waals surface area (Å²) < 4.78 is 0. The van der Waals surface area contributed by atoms with Crippen molar-refractivity contribution in [2.24, 2.45) is 0 Å². The summed E-state index contributed by atoms with van der Waals surface area (Å²) in [4.78, 5) is 11.7. The van der Waals surface area contributed by atoms with Crippen LogP contribution in [0.25, 0.3) is 0 Å². The molecule has 1 saturated carbocycles. The highest BCUT2D eigenvalue weighted by molar-refractivity contribution is 5.94. The van der Waals surface area contributed by atoms with Crippen LogP contribution >= 0.6 is 0 Å². The van der Waals surface area contributed by atoms with Crippen molar-refractivity contribution in [3.8, 4) is 0 Å². The van der Waals surface area contributed by atoms with Crippen LogP contribution < -0.4 is 10.6 Å². The van der Waals surface area contributed by atoms with Crippen molar-refractivity contribution < 1.29 is 4.79 Å². The summed E-state index contributed by atoms with van der Waals surface area (Å²) in [6.45, 7) is 4.64. The van der Waals surface area contributed by atoms with Crippen LogP contribution in [0.1, 0.15) is 42.1 Å². The van der Waals surface area contributed by atoms with Gasteiger partial charge in [0.05, 0.1) is 0 Å². The maximum atomic E-state index is 11.7. The molecule has 0 saturated heterocycles. The van der Waals surface area contributed by atoms with E-state index >= 15 is 0 Å². The number of benzene rings is 1. The number of amides is 1. The second kappa shape index (κ2) is 5.21. The average molecular weight is 232 g/mol. The average Bonchev–Trinajstić information content (AvgIpc) is 2.25. The molecule has 0 atom stereocenters. The quantitative estimate of drug-likeness (QED) is 0.838. The lowest BCUT2D eigenvalue weighted by Gasteiger charge is -2.28. The molecule has 0 unspecified atom stereocenters. The molecule has 1 amide bonds. The van der Waals surface area contributed by atoms with Crippen LogP contribution in [-0.2, 0) is 0 Å². The lowest BCUT2D eigenvalue weighted by molar-refractivity contribution is 0.0956. The van der Waals surface area contributed by atoms with E-state index in [1.54, 1.807) is 0 Å². The van der Waals surface area contributed by atoms with E-state index in [9.17, 15) is 4.79 Å². The van der Waals surface area contributed by atoms with Crippen LogP contribution in [0.3, 0.4) is 0 Å². The van der Waals surface area contributed by atoms with Crippen molar-refractivity contribution >= 4 is 11.6 Å². The van der Waals surface area contributed by atoms with Gasteiger partial charge in [0, 0.05) is 23.8 Å². The highest BCUT2D eigenvalue weighted by Crippen LogP contribution is 2.25. The van der Waals surface area contributed by atoms with E-state index in [1.165, 1.54) is 19.3 Å². The topological polar surface area (TPSA) is 41.1 Å². The molecule has 17 heavy (non-hydrogen) atoms. The van der Waals surface area contributed by atoms with Gasteiger partial charge in [0.2, 0.25) is 0 Å². The Morgan fingerprint density at radius 3 is 2.71 bits per heavy atom. The van der Waals surface area contributed by atoms with E-state index in [4.69, 9.17) is 0 Å². The first-order valence-electron chi connectivity index (χ1n) is 6.36. The molecular formula is C14H20N2O.